The first-order valence-corrected chi connectivity index (χ1v) is 10.9. The van der Waals surface area contributed by atoms with E-state index in [0.717, 1.165) is 0 Å². The van der Waals surface area contributed by atoms with Gasteiger partial charge in [0.2, 0.25) is 0 Å². The summed E-state index contributed by atoms with van der Waals surface area (Å²) >= 11 is 15.1. The maximum atomic E-state index is 11.7. The topological polar surface area (TPSA) is 156 Å². The predicted molar refractivity (Wildman–Crippen MR) is 128 cm³/mol. The number of esters is 2. The van der Waals surface area contributed by atoms with Crippen LogP contribution in [0.5, 0.6) is 0 Å². The number of nitrogens with zero attached hydrogens (tertiary/aromatic N) is 4. The Bertz CT molecular complexity index is 1170. The molecule has 1 aromatic carbocycles. The van der Waals surface area contributed by atoms with Crippen LogP contribution >= 0.6 is 39.1 Å². The molecule has 0 amide bonds. The normalized spacial score (nSPS) is 10.1. The maximum absolute atomic E-state index is 11.7. The van der Waals surface area contributed by atoms with Crippen molar-refractivity contribution in [1.82, 2.24) is 19.9 Å². The van der Waals surface area contributed by atoms with Gasteiger partial charge in [-0.1, -0.05) is 35.3 Å². The summed E-state index contributed by atoms with van der Waals surface area (Å²) in [4.78, 5) is 38.5. The number of halogens is 3. The van der Waals surface area contributed by atoms with Crippen LogP contribution in [0.2, 0.25) is 10.0 Å². The Hall–Kier alpha value is -3.02. The molecule has 2 aromatic heterocycles. The monoisotopic (exact) mass is 556 g/mol. The fourth-order valence-corrected chi connectivity index (χ4v) is 2.95. The molecule has 0 saturated carbocycles. The fraction of sp³-hybridized carbons (Fsp3) is 0.200. The van der Waals surface area contributed by atoms with Crippen molar-refractivity contribution in [2.24, 2.45) is 0 Å². The van der Waals surface area contributed by atoms with E-state index < -0.39 is 11.9 Å². The molecule has 0 aliphatic heterocycles. The van der Waals surface area contributed by atoms with E-state index in [0.29, 0.717) is 32.5 Å². The number of carbonyl (C=O) groups excluding carboxylic acids is 2. The van der Waals surface area contributed by atoms with Crippen molar-refractivity contribution in [1.29, 1.82) is 0 Å². The first-order valence-electron chi connectivity index (χ1n) is 9.38. The van der Waals surface area contributed by atoms with Crippen molar-refractivity contribution in [3.05, 3.63) is 56.6 Å². The van der Waals surface area contributed by atoms with E-state index in [9.17, 15) is 9.59 Å². The van der Waals surface area contributed by atoms with Crippen LogP contribution < -0.4 is 11.5 Å². The molecule has 0 fully saturated rings. The molecule has 3 rings (SSSR count). The van der Waals surface area contributed by atoms with Crippen molar-refractivity contribution >= 4 is 62.7 Å². The van der Waals surface area contributed by atoms with Crippen LogP contribution in [0, 0.1) is 0 Å². The molecule has 0 unspecified atom stereocenters. The lowest BCUT2D eigenvalue weighted by Gasteiger charge is -2.09. The molecule has 2 heterocycles. The maximum Gasteiger partial charge on any atom is 0.358 e. The van der Waals surface area contributed by atoms with Crippen LogP contribution in [-0.2, 0) is 9.47 Å². The zero-order valence-electron chi connectivity index (χ0n) is 17.5. The SMILES string of the molecule is CCOC(=O)c1cnc(N)c(-c2cccc(Cl)c2Cl)n1.CCOC(=O)c1cnc(N)c(Br)n1. The summed E-state index contributed by atoms with van der Waals surface area (Å²) in [5.74, 6) is -0.676. The van der Waals surface area contributed by atoms with E-state index in [1.807, 2.05) is 0 Å². The summed E-state index contributed by atoms with van der Waals surface area (Å²) in [5, 5.41) is 0.670. The second kappa shape index (κ2) is 12.3. The van der Waals surface area contributed by atoms with Gasteiger partial charge in [-0.05, 0) is 35.8 Å². The molecule has 3 aromatic rings. The molecule has 10 nitrogen and oxygen atoms in total. The Morgan fingerprint density at radius 1 is 0.939 bits per heavy atom. The van der Waals surface area contributed by atoms with Gasteiger partial charge in [0.15, 0.2) is 17.2 Å². The van der Waals surface area contributed by atoms with Crippen molar-refractivity contribution in [3.8, 4) is 11.3 Å². The van der Waals surface area contributed by atoms with Gasteiger partial charge >= 0.3 is 11.9 Å². The molecule has 33 heavy (non-hydrogen) atoms. The zero-order chi connectivity index (χ0) is 24.5. The molecule has 0 radical (unpaired) electrons. The third-order valence-electron chi connectivity index (χ3n) is 3.73. The minimum atomic E-state index is -0.570. The van der Waals surface area contributed by atoms with E-state index >= 15 is 0 Å². The third kappa shape index (κ3) is 6.98. The molecule has 0 aliphatic rings. The highest BCUT2D eigenvalue weighted by Gasteiger charge is 2.16. The first kappa shape index (κ1) is 26.2. The van der Waals surface area contributed by atoms with Crippen molar-refractivity contribution in [2.45, 2.75) is 13.8 Å². The Morgan fingerprint density at radius 3 is 2.03 bits per heavy atom. The molecule has 0 saturated heterocycles. The van der Waals surface area contributed by atoms with E-state index in [2.05, 4.69) is 35.9 Å². The van der Waals surface area contributed by atoms with Crippen LogP contribution in [0.15, 0.2) is 35.2 Å². The number of nitrogen functional groups attached to an aromatic ring is 2. The number of hydrogen-bond donors (Lipinski definition) is 2. The van der Waals surface area contributed by atoms with Gasteiger partial charge in [0.1, 0.15) is 16.1 Å². The first-order chi connectivity index (χ1) is 15.7. The molecule has 0 bridgehead atoms. The number of rotatable bonds is 5. The van der Waals surface area contributed by atoms with Crippen LogP contribution in [0.1, 0.15) is 34.8 Å². The molecule has 0 atom stereocenters. The van der Waals surface area contributed by atoms with Gasteiger partial charge in [0, 0.05) is 5.56 Å². The van der Waals surface area contributed by atoms with Crippen molar-refractivity contribution < 1.29 is 19.1 Å². The highest BCUT2D eigenvalue weighted by atomic mass is 79.9. The number of hydrogen-bond acceptors (Lipinski definition) is 10. The van der Waals surface area contributed by atoms with Crippen LogP contribution in [0.3, 0.4) is 0 Å². The molecular formula is C20H19BrCl2N6O4. The lowest BCUT2D eigenvalue weighted by molar-refractivity contribution is 0.0509. The highest BCUT2D eigenvalue weighted by molar-refractivity contribution is 9.10. The van der Waals surface area contributed by atoms with E-state index in [1.54, 1.807) is 32.0 Å². The number of ether oxygens (including phenoxy) is 2. The summed E-state index contributed by atoms with van der Waals surface area (Å²) in [6, 6.07) is 5.05. The minimum Gasteiger partial charge on any atom is -0.461 e. The van der Waals surface area contributed by atoms with E-state index in [-0.39, 0.29) is 29.6 Å². The van der Waals surface area contributed by atoms with Crippen LogP contribution in [0.4, 0.5) is 11.6 Å². The van der Waals surface area contributed by atoms with Gasteiger partial charge in [0.05, 0.1) is 35.7 Å². The largest absolute Gasteiger partial charge is 0.461 e. The van der Waals surface area contributed by atoms with E-state index in [1.165, 1.54) is 12.4 Å². The quantitative estimate of drug-likeness (QED) is 0.435. The Labute approximate surface area is 207 Å². The summed E-state index contributed by atoms with van der Waals surface area (Å²) in [7, 11) is 0. The predicted octanol–water partition coefficient (Wildman–Crippen LogP) is 4.21. The number of carbonyl (C=O) groups is 2. The van der Waals surface area contributed by atoms with Gasteiger partial charge in [0.25, 0.3) is 0 Å². The highest BCUT2D eigenvalue weighted by Crippen LogP contribution is 2.34. The van der Waals surface area contributed by atoms with Crippen LogP contribution in [0.25, 0.3) is 11.3 Å². The lowest BCUT2D eigenvalue weighted by Crippen LogP contribution is -2.10. The number of aromatic nitrogens is 4. The minimum absolute atomic E-state index is 0.0621. The standard InChI is InChI=1S/C13H11Cl2N3O2.C7H8BrN3O2/c1-2-20-13(19)9-6-17-12(16)11(18-9)7-4-3-5-8(14)10(7)15;1-2-13-7(12)4-3-10-6(9)5(8)11-4/h3-6H,2H2,1H3,(H2,16,17);3H,2H2,1H3,(H2,9,10). The molecule has 4 N–H and O–H groups in total. The van der Waals surface area contributed by atoms with Crippen molar-refractivity contribution in [2.75, 3.05) is 24.7 Å². The van der Waals surface area contributed by atoms with Crippen LogP contribution in [-0.4, -0.2) is 45.1 Å². The third-order valence-corrected chi connectivity index (χ3v) is 5.14. The Balaban J connectivity index is 0.000000257. The average molecular weight is 558 g/mol. The van der Waals surface area contributed by atoms with Gasteiger partial charge in [-0.25, -0.2) is 29.5 Å². The number of anilines is 2. The van der Waals surface area contributed by atoms with Gasteiger partial charge in [-0.3, -0.25) is 0 Å². The summed E-state index contributed by atoms with van der Waals surface area (Å²) in [6.45, 7) is 3.98. The lowest BCUT2D eigenvalue weighted by atomic mass is 10.1. The summed E-state index contributed by atoms with van der Waals surface area (Å²) < 4.78 is 9.94. The van der Waals surface area contributed by atoms with Gasteiger partial charge < -0.3 is 20.9 Å². The Morgan fingerprint density at radius 2 is 1.48 bits per heavy atom. The van der Waals surface area contributed by atoms with Gasteiger partial charge in [-0.15, -0.1) is 0 Å². The Kier molecular flexibility index (Phi) is 9.76. The molecule has 174 valence electrons. The molecule has 13 heteroatoms. The van der Waals surface area contributed by atoms with Crippen molar-refractivity contribution in [3.63, 3.8) is 0 Å². The smallest absolute Gasteiger partial charge is 0.358 e. The average Bonchev–Trinajstić information content (AvgIpc) is 2.79. The molecular weight excluding hydrogens is 539 g/mol. The van der Waals surface area contributed by atoms with E-state index in [4.69, 9.17) is 44.1 Å². The summed E-state index contributed by atoms with van der Waals surface area (Å²) in [6.07, 6.45) is 2.54. The van der Waals surface area contributed by atoms with Gasteiger partial charge in [-0.2, -0.15) is 0 Å². The zero-order valence-corrected chi connectivity index (χ0v) is 20.6. The number of nitrogens with two attached hydrogens (primary N) is 2. The summed E-state index contributed by atoms with van der Waals surface area (Å²) in [5.41, 5.74) is 12.2. The number of benzene rings is 1. The second-order valence-electron chi connectivity index (χ2n) is 5.96. The second-order valence-corrected chi connectivity index (χ2v) is 7.50. The molecule has 0 aliphatic carbocycles. The fourth-order valence-electron chi connectivity index (χ4n) is 2.27. The molecule has 0 spiro atoms.